The molecule has 1 aromatic heterocycles. The van der Waals surface area contributed by atoms with Crippen LogP contribution < -0.4 is 16.2 Å². The Morgan fingerprint density at radius 1 is 1.00 bits per heavy atom. The van der Waals surface area contributed by atoms with Gasteiger partial charge in [-0.15, -0.1) is 0 Å². The number of hydrogen-bond acceptors (Lipinski definition) is 4. The van der Waals surface area contributed by atoms with Crippen LogP contribution in [0.2, 0.25) is 0 Å². The number of furan rings is 1. The van der Waals surface area contributed by atoms with Gasteiger partial charge in [0.2, 0.25) is 0 Å². The Balaban J connectivity index is 2.01. The molecule has 0 spiro atoms. The molecule has 7 nitrogen and oxygen atoms in total. The lowest BCUT2D eigenvalue weighted by atomic mass is 10.0. The van der Waals surface area contributed by atoms with E-state index in [2.05, 4.69) is 16.2 Å². The molecule has 0 aliphatic heterocycles. The van der Waals surface area contributed by atoms with Gasteiger partial charge in [-0.25, -0.2) is 0 Å². The lowest BCUT2D eigenvalue weighted by Crippen LogP contribution is -2.52. The summed E-state index contributed by atoms with van der Waals surface area (Å²) in [6.07, 6.45) is 1.79. The maximum atomic E-state index is 12.5. The second-order valence-corrected chi connectivity index (χ2v) is 6.39. The van der Waals surface area contributed by atoms with Crippen molar-refractivity contribution in [3.05, 3.63) is 59.5 Å². The molecule has 1 heterocycles. The number of aryl methyl sites for hydroxylation is 1. The number of amides is 3. The fourth-order valence-electron chi connectivity index (χ4n) is 2.44. The molecule has 3 N–H and O–H groups in total. The summed E-state index contributed by atoms with van der Waals surface area (Å²) >= 11 is 0. The van der Waals surface area contributed by atoms with Crippen molar-refractivity contribution in [2.45, 2.75) is 33.2 Å². The first-order valence-electron chi connectivity index (χ1n) is 8.38. The van der Waals surface area contributed by atoms with E-state index in [9.17, 15) is 14.4 Å². The molecule has 2 rings (SSSR count). The molecular formula is C19H23N3O4. The number of rotatable bonds is 6. The Labute approximate surface area is 152 Å². The second-order valence-electron chi connectivity index (χ2n) is 6.39. The minimum atomic E-state index is -0.779. The molecule has 0 aliphatic carbocycles. The van der Waals surface area contributed by atoms with Crippen molar-refractivity contribution in [3.8, 4) is 0 Å². The molecule has 0 unspecified atom stereocenters. The average Bonchev–Trinajstić information content (AvgIpc) is 3.13. The standard InChI is InChI=1S/C19H23N3O4/c1-12(2)11-15(20-17(23)14-8-5-4-7-13(14)3)18(24)21-22-19(25)16-9-6-10-26-16/h4-10,12,15H,11H2,1-3H3,(H,20,23)(H,21,24)(H,22,25)/t15-/m0/s1. The van der Waals surface area contributed by atoms with Gasteiger partial charge in [-0.05, 0) is 43.0 Å². The lowest BCUT2D eigenvalue weighted by molar-refractivity contribution is -0.124. The van der Waals surface area contributed by atoms with E-state index in [4.69, 9.17) is 4.42 Å². The van der Waals surface area contributed by atoms with E-state index in [1.807, 2.05) is 32.9 Å². The van der Waals surface area contributed by atoms with E-state index in [1.54, 1.807) is 18.2 Å². The zero-order chi connectivity index (χ0) is 19.1. The van der Waals surface area contributed by atoms with Crippen LogP contribution in [0.1, 0.15) is 46.7 Å². The highest BCUT2D eigenvalue weighted by atomic mass is 16.3. The SMILES string of the molecule is Cc1ccccc1C(=O)N[C@@H](CC(C)C)C(=O)NNC(=O)c1ccco1. The van der Waals surface area contributed by atoms with Crippen molar-refractivity contribution in [3.63, 3.8) is 0 Å². The van der Waals surface area contributed by atoms with Crippen LogP contribution in [0.15, 0.2) is 47.1 Å². The molecule has 138 valence electrons. The summed E-state index contributed by atoms with van der Waals surface area (Å²) < 4.78 is 4.96. The van der Waals surface area contributed by atoms with Crippen LogP contribution in [0.25, 0.3) is 0 Å². The number of nitrogens with one attached hydrogen (secondary N) is 3. The van der Waals surface area contributed by atoms with Crippen molar-refractivity contribution in [1.82, 2.24) is 16.2 Å². The molecule has 3 amide bonds. The number of carbonyl (C=O) groups excluding carboxylic acids is 3. The molecule has 1 atom stereocenters. The van der Waals surface area contributed by atoms with Crippen molar-refractivity contribution in [2.75, 3.05) is 0 Å². The zero-order valence-corrected chi connectivity index (χ0v) is 15.0. The Morgan fingerprint density at radius 3 is 2.35 bits per heavy atom. The first-order valence-corrected chi connectivity index (χ1v) is 8.38. The smallest absolute Gasteiger partial charge is 0.305 e. The van der Waals surface area contributed by atoms with Gasteiger partial charge >= 0.3 is 5.91 Å². The molecule has 7 heteroatoms. The summed E-state index contributed by atoms with van der Waals surface area (Å²) in [5.74, 6) is -1.16. The van der Waals surface area contributed by atoms with Gasteiger partial charge in [0.05, 0.1) is 6.26 Å². The Morgan fingerprint density at radius 2 is 1.73 bits per heavy atom. The van der Waals surface area contributed by atoms with Gasteiger partial charge in [-0.3, -0.25) is 25.2 Å². The van der Waals surface area contributed by atoms with E-state index in [0.717, 1.165) is 5.56 Å². The van der Waals surface area contributed by atoms with Gasteiger partial charge in [0, 0.05) is 5.56 Å². The number of hydrogen-bond donors (Lipinski definition) is 3. The van der Waals surface area contributed by atoms with Crippen molar-refractivity contribution < 1.29 is 18.8 Å². The summed E-state index contributed by atoms with van der Waals surface area (Å²) in [4.78, 5) is 36.8. The average molecular weight is 357 g/mol. The molecule has 26 heavy (non-hydrogen) atoms. The number of benzene rings is 1. The molecule has 0 fully saturated rings. The van der Waals surface area contributed by atoms with Crippen LogP contribution in [0.3, 0.4) is 0 Å². The largest absolute Gasteiger partial charge is 0.459 e. The summed E-state index contributed by atoms with van der Waals surface area (Å²) in [6.45, 7) is 5.72. The summed E-state index contributed by atoms with van der Waals surface area (Å²) in [5, 5.41) is 2.74. The zero-order valence-electron chi connectivity index (χ0n) is 15.0. The highest BCUT2D eigenvalue weighted by molar-refractivity contribution is 5.99. The number of carbonyl (C=O) groups is 3. The number of hydrazine groups is 1. The van der Waals surface area contributed by atoms with Crippen molar-refractivity contribution in [2.24, 2.45) is 5.92 Å². The fourth-order valence-corrected chi connectivity index (χ4v) is 2.44. The highest BCUT2D eigenvalue weighted by Crippen LogP contribution is 2.10. The van der Waals surface area contributed by atoms with Gasteiger partial charge < -0.3 is 9.73 Å². The molecular weight excluding hydrogens is 334 g/mol. The van der Waals surface area contributed by atoms with Crippen molar-refractivity contribution >= 4 is 17.7 Å². The third-order valence-electron chi connectivity index (χ3n) is 3.76. The summed E-state index contributed by atoms with van der Waals surface area (Å²) in [5.41, 5.74) is 5.94. The quantitative estimate of drug-likeness (QED) is 0.690. The maximum absolute atomic E-state index is 12.5. The van der Waals surface area contributed by atoms with Crippen LogP contribution in [0, 0.1) is 12.8 Å². The molecule has 0 saturated carbocycles. The van der Waals surface area contributed by atoms with E-state index in [1.165, 1.54) is 12.3 Å². The molecule has 0 saturated heterocycles. The van der Waals surface area contributed by atoms with E-state index < -0.39 is 17.9 Å². The molecule has 1 aromatic carbocycles. The Hall–Kier alpha value is -3.09. The minimum Gasteiger partial charge on any atom is -0.459 e. The summed E-state index contributed by atoms with van der Waals surface area (Å²) in [7, 11) is 0. The van der Waals surface area contributed by atoms with Gasteiger partial charge in [-0.1, -0.05) is 32.0 Å². The van der Waals surface area contributed by atoms with E-state index in [0.29, 0.717) is 12.0 Å². The molecule has 0 radical (unpaired) electrons. The normalized spacial score (nSPS) is 11.7. The third kappa shape index (κ3) is 5.20. The second kappa shape index (κ2) is 8.84. The van der Waals surface area contributed by atoms with Gasteiger partial charge in [-0.2, -0.15) is 0 Å². The van der Waals surface area contributed by atoms with Crippen LogP contribution in [-0.2, 0) is 4.79 Å². The van der Waals surface area contributed by atoms with Gasteiger partial charge in [0.25, 0.3) is 11.8 Å². The predicted molar refractivity (Wildman–Crippen MR) is 96.2 cm³/mol. The first kappa shape index (κ1) is 19.2. The van der Waals surface area contributed by atoms with Crippen LogP contribution in [-0.4, -0.2) is 23.8 Å². The Bertz CT molecular complexity index is 769. The fraction of sp³-hybridized carbons (Fsp3) is 0.316. The van der Waals surface area contributed by atoms with Crippen LogP contribution in [0.4, 0.5) is 0 Å². The van der Waals surface area contributed by atoms with Crippen LogP contribution >= 0.6 is 0 Å². The summed E-state index contributed by atoms with van der Waals surface area (Å²) in [6, 6.07) is 9.41. The highest BCUT2D eigenvalue weighted by Gasteiger charge is 2.24. The topological polar surface area (TPSA) is 100 Å². The third-order valence-corrected chi connectivity index (χ3v) is 3.76. The minimum absolute atomic E-state index is 0.0784. The van der Waals surface area contributed by atoms with Crippen molar-refractivity contribution in [1.29, 1.82) is 0 Å². The van der Waals surface area contributed by atoms with Gasteiger partial charge in [0.15, 0.2) is 5.76 Å². The van der Waals surface area contributed by atoms with E-state index in [-0.39, 0.29) is 17.6 Å². The maximum Gasteiger partial charge on any atom is 0.305 e. The predicted octanol–water partition coefficient (Wildman–Crippen LogP) is 2.19. The van der Waals surface area contributed by atoms with E-state index >= 15 is 0 Å². The first-order chi connectivity index (χ1) is 12.4. The molecule has 0 bridgehead atoms. The molecule has 0 aliphatic rings. The Kier molecular flexibility index (Phi) is 6.54. The van der Waals surface area contributed by atoms with Gasteiger partial charge in [0.1, 0.15) is 6.04 Å². The lowest BCUT2D eigenvalue weighted by Gasteiger charge is -2.20. The van der Waals surface area contributed by atoms with Crippen LogP contribution in [0.5, 0.6) is 0 Å². The monoisotopic (exact) mass is 357 g/mol. The molecule has 2 aromatic rings.